The molecule has 0 spiro atoms. The maximum Gasteiger partial charge on any atom is 0.326 e. The van der Waals surface area contributed by atoms with Crippen molar-refractivity contribution in [2.75, 3.05) is 6.54 Å². The number of hydrogen-bond donors (Lipinski definition) is 3. The van der Waals surface area contributed by atoms with Crippen molar-refractivity contribution in [1.82, 2.24) is 5.32 Å². The minimum Gasteiger partial charge on any atom is -0.480 e. The Bertz CT molecular complexity index is 869. The third kappa shape index (κ3) is 33.8. The van der Waals surface area contributed by atoms with Gasteiger partial charge in [-0.15, -0.1) is 0 Å². The number of ether oxygens (including phenoxy) is 1. The molecule has 0 aromatic heterocycles. The molecule has 0 rings (SSSR count). The molecule has 0 aromatic rings. The third-order valence-corrected chi connectivity index (χ3v) is 8.97. The summed E-state index contributed by atoms with van der Waals surface area (Å²) in [4.78, 5) is 36.2. The van der Waals surface area contributed by atoms with Crippen molar-refractivity contribution in [3.63, 3.8) is 0 Å². The number of carboxylic acid groups (broad SMARTS) is 1. The molecule has 0 bridgehead atoms. The fourth-order valence-electron chi connectivity index (χ4n) is 5.94. The van der Waals surface area contributed by atoms with E-state index in [1.807, 2.05) is 0 Å². The fraction of sp³-hybridized carbons (Fsp3) is 0.786. The lowest BCUT2D eigenvalue weighted by atomic mass is 10.0. The number of amides is 1. The van der Waals surface area contributed by atoms with Crippen molar-refractivity contribution in [3.05, 3.63) is 36.5 Å². The van der Waals surface area contributed by atoms with Crippen LogP contribution in [0.1, 0.15) is 194 Å². The van der Waals surface area contributed by atoms with Crippen molar-refractivity contribution < 1.29 is 24.2 Å². The largest absolute Gasteiger partial charge is 0.480 e. The second kappa shape index (κ2) is 36.9. The lowest BCUT2D eigenvalue weighted by Gasteiger charge is -2.18. The summed E-state index contributed by atoms with van der Waals surface area (Å²) in [7, 11) is 0. The van der Waals surface area contributed by atoms with Crippen LogP contribution in [0.4, 0.5) is 0 Å². The lowest BCUT2D eigenvalue weighted by Crippen LogP contribution is -2.40. The second-order valence-electron chi connectivity index (χ2n) is 13.7. The summed E-state index contributed by atoms with van der Waals surface area (Å²) in [6.07, 6.45) is 41.9. The monoisotopic (exact) mass is 689 g/mol. The van der Waals surface area contributed by atoms with Gasteiger partial charge in [-0.1, -0.05) is 134 Å². The van der Waals surface area contributed by atoms with Crippen LogP contribution in [0, 0.1) is 0 Å². The molecule has 2 unspecified atom stereocenters. The maximum absolute atomic E-state index is 12.7. The molecule has 0 saturated heterocycles. The number of carbonyl (C=O) groups excluding carboxylic acids is 2. The molecule has 7 nitrogen and oxygen atoms in total. The van der Waals surface area contributed by atoms with Crippen LogP contribution in [0.15, 0.2) is 36.5 Å². The number of allylic oxidation sites excluding steroid dienone is 6. The molecular weight excluding hydrogens is 612 g/mol. The summed E-state index contributed by atoms with van der Waals surface area (Å²) in [6, 6.07) is -0.855. The number of esters is 1. The molecule has 4 N–H and O–H groups in total. The molecule has 2 atom stereocenters. The Kier molecular flexibility index (Phi) is 35.0. The van der Waals surface area contributed by atoms with E-state index >= 15 is 0 Å². The molecule has 0 radical (unpaired) electrons. The summed E-state index contributed by atoms with van der Waals surface area (Å²) in [5.41, 5.74) is 5.47. The van der Waals surface area contributed by atoms with E-state index in [0.717, 1.165) is 83.5 Å². The number of carbonyl (C=O) groups is 3. The van der Waals surface area contributed by atoms with Crippen molar-refractivity contribution >= 4 is 17.8 Å². The zero-order chi connectivity index (χ0) is 36.0. The molecule has 1 amide bonds. The molecule has 0 saturated carbocycles. The second-order valence-corrected chi connectivity index (χ2v) is 13.7. The number of aliphatic carboxylic acids is 1. The van der Waals surface area contributed by atoms with Crippen LogP contribution in [0.25, 0.3) is 0 Å². The van der Waals surface area contributed by atoms with Gasteiger partial charge in [-0.3, -0.25) is 9.59 Å². The Labute approximate surface area is 301 Å². The highest BCUT2D eigenvalue weighted by Crippen LogP contribution is 2.18. The Morgan fingerprint density at radius 1 is 0.612 bits per heavy atom. The molecule has 0 aliphatic rings. The van der Waals surface area contributed by atoms with Gasteiger partial charge in [-0.05, 0) is 90.0 Å². The van der Waals surface area contributed by atoms with E-state index in [0.29, 0.717) is 32.2 Å². The summed E-state index contributed by atoms with van der Waals surface area (Å²) < 4.78 is 5.99. The lowest BCUT2D eigenvalue weighted by molar-refractivity contribution is -0.150. The molecule has 0 aliphatic carbocycles. The molecule has 0 heterocycles. The highest BCUT2D eigenvalue weighted by molar-refractivity contribution is 5.83. The van der Waals surface area contributed by atoms with Crippen molar-refractivity contribution in [1.29, 1.82) is 0 Å². The normalized spacial score (nSPS) is 13.0. The van der Waals surface area contributed by atoms with Crippen LogP contribution < -0.4 is 11.1 Å². The molecular formula is C42H76N2O5. The SMILES string of the molecule is CC/C=C\C/C=C\C/C=C\CCCCCCCCCC(=O)OC(CCCCCCCC)CCCCCCCC(=O)NC(CCCN)C(=O)O. The minimum absolute atomic E-state index is 0.0129. The molecule has 0 fully saturated rings. The first-order valence-electron chi connectivity index (χ1n) is 20.3. The van der Waals surface area contributed by atoms with E-state index < -0.39 is 12.0 Å². The Morgan fingerprint density at radius 3 is 1.69 bits per heavy atom. The number of nitrogens with two attached hydrogens (primary N) is 1. The number of carboxylic acids is 1. The number of nitrogens with one attached hydrogen (secondary N) is 1. The molecule has 0 aliphatic heterocycles. The summed E-state index contributed by atoms with van der Waals surface area (Å²) in [6.45, 7) is 4.81. The molecule has 0 aromatic carbocycles. The van der Waals surface area contributed by atoms with Gasteiger partial charge in [0.25, 0.3) is 0 Å². The smallest absolute Gasteiger partial charge is 0.326 e. The van der Waals surface area contributed by atoms with Gasteiger partial charge in [0, 0.05) is 12.8 Å². The van der Waals surface area contributed by atoms with Crippen LogP contribution in [-0.4, -0.2) is 41.6 Å². The van der Waals surface area contributed by atoms with Gasteiger partial charge in [-0.2, -0.15) is 0 Å². The first-order valence-corrected chi connectivity index (χ1v) is 20.3. The van der Waals surface area contributed by atoms with Gasteiger partial charge in [-0.25, -0.2) is 4.79 Å². The maximum atomic E-state index is 12.7. The van der Waals surface area contributed by atoms with Crippen LogP contribution in [0.3, 0.4) is 0 Å². The predicted octanol–water partition coefficient (Wildman–Crippen LogP) is 11.1. The van der Waals surface area contributed by atoms with Crippen LogP contribution in [-0.2, 0) is 19.1 Å². The Hall–Kier alpha value is -2.41. The van der Waals surface area contributed by atoms with Gasteiger partial charge < -0.3 is 20.9 Å². The fourth-order valence-corrected chi connectivity index (χ4v) is 5.94. The summed E-state index contributed by atoms with van der Waals surface area (Å²) >= 11 is 0. The Balaban J connectivity index is 4.13. The highest BCUT2D eigenvalue weighted by atomic mass is 16.5. The zero-order valence-corrected chi connectivity index (χ0v) is 31.8. The molecule has 7 heteroatoms. The predicted molar refractivity (Wildman–Crippen MR) is 207 cm³/mol. The van der Waals surface area contributed by atoms with E-state index in [1.54, 1.807) is 0 Å². The van der Waals surface area contributed by atoms with Crippen LogP contribution in [0.2, 0.25) is 0 Å². The average molecular weight is 689 g/mol. The van der Waals surface area contributed by atoms with Crippen LogP contribution in [0.5, 0.6) is 0 Å². The van der Waals surface area contributed by atoms with Crippen molar-refractivity contribution in [2.24, 2.45) is 5.73 Å². The van der Waals surface area contributed by atoms with E-state index in [9.17, 15) is 19.5 Å². The van der Waals surface area contributed by atoms with Crippen LogP contribution >= 0.6 is 0 Å². The van der Waals surface area contributed by atoms with Gasteiger partial charge in [0.1, 0.15) is 12.1 Å². The van der Waals surface area contributed by atoms with E-state index in [1.165, 1.54) is 70.6 Å². The van der Waals surface area contributed by atoms with Crippen molar-refractivity contribution in [2.45, 2.75) is 206 Å². The molecule has 284 valence electrons. The first-order chi connectivity index (χ1) is 23.9. The topological polar surface area (TPSA) is 119 Å². The highest BCUT2D eigenvalue weighted by Gasteiger charge is 2.19. The number of hydrogen-bond acceptors (Lipinski definition) is 5. The average Bonchev–Trinajstić information content (AvgIpc) is 3.08. The quantitative estimate of drug-likeness (QED) is 0.0342. The van der Waals surface area contributed by atoms with E-state index in [2.05, 4.69) is 55.6 Å². The Morgan fingerprint density at radius 2 is 1.12 bits per heavy atom. The summed E-state index contributed by atoms with van der Waals surface area (Å²) in [5, 5.41) is 11.9. The van der Waals surface area contributed by atoms with E-state index in [-0.39, 0.29) is 18.0 Å². The zero-order valence-electron chi connectivity index (χ0n) is 31.8. The van der Waals surface area contributed by atoms with Gasteiger partial charge >= 0.3 is 11.9 Å². The number of unbranched alkanes of at least 4 members (excludes halogenated alkanes) is 16. The first kappa shape index (κ1) is 46.6. The van der Waals surface area contributed by atoms with Crippen molar-refractivity contribution in [3.8, 4) is 0 Å². The third-order valence-electron chi connectivity index (χ3n) is 8.97. The van der Waals surface area contributed by atoms with Gasteiger partial charge in [0.15, 0.2) is 0 Å². The standard InChI is InChI=1S/C42H76N2O5/c1-3-5-7-9-11-12-13-14-15-16-17-18-19-20-21-26-30-36-41(46)49-38(32-27-23-10-8-6-4-2)33-28-24-22-25-29-35-40(45)44-39(42(47)48)34-31-37-43/h5,7,11-12,14-15,38-39H,3-4,6,8-10,13,16-37,43H2,1-2H3,(H,44,45)(H,47,48)/b7-5-,12-11-,15-14-. The van der Waals surface area contributed by atoms with Gasteiger partial charge in [0.05, 0.1) is 0 Å². The molecule has 49 heavy (non-hydrogen) atoms. The van der Waals surface area contributed by atoms with E-state index in [4.69, 9.17) is 10.5 Å². The summed E-state index contributed by atoms with van der Waals surface area (Å²) in [5.74, 6) is -1.25. The minimum atomic E-state index is -1.01. The number of rotatable bonds is 36. The van der Waals surface area contributed by atoms with Gasteiger partial charge in [0.2, 0.25) is 5.91 Å².